The number of fused-ring (bicyclic) bond motifs is 2. The summed E-state index contributed by atoms with van der Waals surface area (Å²) in [5, 5.41) is 1.01. The van der Waals surface area contributed by atoms with E-state index in [1.807, 2.05) is 12.1 Å². The van der Waals surface area contributed by atoms with E-state index in [-0.39, 0.29) is 23.8 Å². The maximum absolute atomic E-state index is 13.6. The summed E-state index contributed by atoms with van der Waals surface area (Å²) in [7, 11) is 0. The summed E-state index contributed by atoms with van der Waals surface area (Å²) in [6.45, 7) is 5.79. The van der Waals surface area contributed by atoms with Crippen molar-refractivity contribution in [3.05, 3.63) is 50.9 Å². The molecule has 2 fully saturated rings. The molecular weight excluding hydrogens is 477 g/mol. The molecule has 1 atom stereocenters. The third kappa shape index (κ3) is 3.40. The number of hydrogen-bond donors (Lipinski definition) is 0. The summed E-state index contributed by atoms with van der Waals surface area (Å²) in [6.07, 6.45) is 4.22. The van der Waals surface area contributed by atoms with Crippen molar-refractivity contribution in [1.82, 2.24) is 4.90 Å². The topological polar surface area (TPSA) is 75.3 Å². The van der Waals surface area contributed by atoms with Gasteiger partial charge in [-0.15, -0.1) is 0 Å². The zero-order chi connectivity index (χ0) is 23.6. The molecule has 1 unspecified atom stereocenters. The molecule has 0 bridgehead atoms. The summed E-state index contributed by atoms with van der Waals surface area (Å²) >= 11 is 13.5. The van der Waals surface area contributed by atoms with Gasteiger partial charge in [-0.3, -0.25) is 9.59 Å². The summed E-state index contributed by atoms with van der Waals surface area (Å²) in [5.74, 6) is -0.557. The van der Waals surface area contributed by atoms with Gasteiger partial charge in [0.1, 0.15) is 11.7 Å². The molecule has 2 aromatic rings. The van der Waals surface area contributed by atoms with Gasteiger partial charge in [-0.25, -0.2) is 4.99 Å². The Morgan fingerprint density at radius 1 is 1.21 bits per heavy atom. The van der Waals surface area contributed by atoms with Crippen LogP contribution in [-0.4, -0.2) is 61.8 Å². The van der Waals surface area contributed by atoms with Crippen LogP contribution in [0.25, 0.3) is 0 Å². The van der Waals surface area contributed by atoms with Gasteiger partial charge in [0.25, 0.3) is 11.8 Å². The number of aliphatic imine (C=N–C) groups is 1. The molecule has 2 amide bonds. The van der Waals surface area contributed by atoms with E-state index in [2.05, 4.69) is 9.89 Å². The molecule has 9 heteroatoms. The molecular formula is C25H25Cl2N3O4. The van der Waals surface area contributed by atoms with Gasteiger partial charge in [0.15, 0.2) is 0 Å². The number of anilines is 1. The molecule has 0 saturated carbocycles. The summed E-state index contributed by atoms with van der Waals surface area (Å²) in [5.41, 5.74) is 3.75. The Hall–Kier alpha value is -2.35. The zero-order valence-electron chi connectivity index (χ0n) is 18.9. The molecule has 2 saturated heterocycles. The van der Waals surface area contributed by atoms with E-state index >= 15 is 0 Å². The van der Waals surface area contributed by atoms with Gasteiger partial charge < -0.3 is 19.0 Å². The smallest absolute Gasteiger partial charge is 0.258 e. The van der Waals surface area contributed by atoms with E-state index in [1.165, 1.54) is 0 Å². The maximum atomic E-state index is 13.6. The van der Waals surface area contributed by atoms with Gasteiger partial charge >= 0.3 is 0 Å². The van der Waals surface area contributed by atoms with Crippen molar-refractivity contribution >= 4 is 46.4 Å². The van der Waals surface area contributed by atoms with Crippen LogP contribution in [-0.2, 0) is 16.0 Å². The highest BCUT2D eigenvalue weighted by molar-refractivity contribution is 6.39. The summed E-state index contributed by atoms with van der Waals surface area (Å²) in [4.78, 5) is 34.4. The Balaban J connectivity index is 1.27. The van der Waals surface area contributed by atoms with Crippen LogP contribution in [0.3, 0.4) is 0 Å². The normalized spacial score (nSPS) is 23.5. The summed E-state index contributed by atoms with van der Waals surface area (Å²) < 4.78 is 11.1. The van der Waals surface area contributed by atoms with E-state index in [0.29, 0.717) is 40.0 Å². The first-order valence-electron chi connectivity index (χ1n) is 11.7. The van der Waals surface area contributed by atoms with Crippen molar-refractivity contribution in [3.63, 3.8) is 0 Å². The van der Waals surface area contributed by atoms with Crippen LogP contribution in [0, 0.1) is 5.41 Å². The monoisotopic (exact) mass is 501 g/mol. The average molecular weight is 502 g/mol. The van der Waals surface area contributed by atoms with Crippen LogP contribution < -0.4 is 4.90 Å². The molecule has 4 aliphatic heterocycles. The second kappa shape index (κ2) is 8.11. The highest BCUT2D eigenvalue weighted by Crippen LogP contribution is 2.47. The number of halogens is 2. The van der Waals surface area contributed by atoms with Gasteiger partial charge in [0, 0.05) is 55.4 Å². The Kier molecular flexibility index (Phi) is 5.28. The predicted octanol–water partition coefficient (Wildman–Crippen LogP) is 4.33. The quantitative estimate of drug-likeness (QED) is 0.625. The summed E-state index contributed by atoms with van der Waals surface area (Å²) in [6, 6.07) is 3.71. The van der Waals surface area contributed by atoms with Crippen molar-refractivity contribution < 1.29 is 18.7 Å². The second-order valence-corrected chi connectivity index (χ2v) is 10.6. The number of amides is 2. The van der Waals surface area contributed by atoms with Crippen molar-refractivity contribution in [2.24, 2.45) is 10.4 Å². The first-order valence-corrected chi connectivity index (χ1v) is 12.4. The van der Waals surface area contributed by atoms with Crippen LogP contribution in [0.2, 0.25) is 10.0 Å². The Labute approximate surface area is 207 Å². The highest BCUT2D eigenvalue weighted by Gasteiger charge is 2.45. The van der Waals surface area contributed by atoms with Gasteiger partial charge in [-0.05, 0) is 43.9 Å². The van der Waals surface area contributed by atoms with E-state index < -0.39 is 5.92 Å². The highest BCUT2D eigenvalue weighted by atomic mass is 35.5. The molecule has 5 heterocycles. The number of benzene rings is 1. The van der Waals surface area contributed by atoms with Crippen molar-refractivity contribution in [2.75, 3.05) is 44.3 Å². The first kappa shape index (κ1) is 22.1. The van der Waals surface area contributed by atoms with Gasteiger partial charge in [-0.1, -0.05) is 23.2 Å². The molecule has 6 rings (SSSR count). The van der Waals surface area contributed by atoms with Crippen LogP contribution in [0.4, 0.5) is 5.69 Å². The third-order valence-corrected chi connectivity index (χ3v) is 8.48. The minimum Gasteiger partial charge on any atom is -0.468 e. The minimum atomic E-state index is -0.625. The number of carbonyl (C=O) groups is 2. The van der Waals surface area contributed by atoms with Crippen LogP contribution >= 0.6 is 23.2 Å². The van der Waals surface area contributed by atoms with Crippen LogP contribution in [0.1, 0.15) is 52.9 Å². The number of hydrogen-bond acceptors (Lipinski definition) is 5. The fourth-order valence-electron chi connectivity index (χ4n) is 5.77. The van der Waals surface area contributed by atoms with E-state index in [4.69, 9.17) is 32.4 Å². The Morgan fingerprint density at radius 2 is 1.97 bits per heavy atom. The lowest BCUT2D eigenvalue weighted by molar-refractivity contribution is -0.120. The van der Waals surface area contributed by atoms with Crippen molar-refractivity contribution in [3.8, 4) is 0 Å². The predicted molar refractivity (Wildman–Crippen MR) is 129 cm³/mol. The van der Waals surface area contributed by atoms with E-state index in [9.17, 15) is 9.59 Å². The molecule has 1 spiro atoms. The van der Waals surface area contributed by atoms with E-state index in [0.717, 1.165) is 56.0 Å². The van der Waals surface area contributed by atoms with Crippen molar-refractivity contribution in [1.29, 1.82) is 0 Å². The molecule has 4 aliphatic rings. The second-order valence-electron chi connectivity index (χ2n) is 9.80. The Morgan fingerprint density at radius 3 is 2.74 bits per heavy atom. The third-order valence-electron chi connectivity index (χ3n) is 7.76. The largest absolute Gasteiger partial charge is 0.468 e. The number of furan rings is 1. The average Bonchev–Trinajstić information content (AvgIpc) is 3.29. The molecule has 1 aromatic heterocycles. The minimum absolute atomic E-state index is 0.194. The maximum Gasteiger partial charge on any atom is 0.258 e. The van der Waals surface area contributed by atoms with E-state index in [1.54, 1.807) is 18.1 Å². The van der Waals surface area contributed by atoms with Gasteiger partial charge in [-0.2, -0.15) is 0 Å². The molecule has 0 N–H and O–H groups in total. The van der Waals surface area contributed by atoms with Gasteiger partial charge in [0.2, 0.25) is 0 Å². The van der Waals surface area contributed by atoms with Crippen LogP contribution in [0.5, 0.6) is 0 Å². The standard InChI is InChI=1S/C25H25Cl2N3O4/c1-14-15-3-7-34-22(15)17(23(31)28-14)11-29-6-2-16-18(26)10-19(21(27)20(16)24(29)32)30-12-25(13-30)4-8-33-9-5-25/h3,7,10,17H,2,4-6,8-9,11-13H2,1H3. The molecule has 1 aromatic carbocycles. The fraction of sp³-hybridized carbons (Fsp3) is 0.480. The number of rotatable bonds is 3. The molecule has 0 aliphatic carbocycles. The van der Waals surface area contributed by atoms with Crippen LogP contribution in [0.15, 0.2) is 27.8 Å². The number of carbonyl (C=O) groups excluding carboxylic acids is 2. The van der Waals surface area contributed by atoms with Crippen molar-refractivity contribution in [2.45, 2.75) is 32.1 Å². The molecule has 34 heavy (non-hydrogen) atoms. The van der Waals surface area contributed by atoms with Gasteiger partial charge in [0.05, 0.1) is 28.2 Å². The molecule has 0 radical (unpaired) electrons. The Bertz CT molecular complexity index is 1220. The fourth-order valence-corrected chi connectivity index (χ4v) is 6.43. The molecule has 178 valence electrons. The lowest BCUT2D eigenvalue weighted by Crippen LogP contribution is -2.58. The zero-order valence-corrected chi connectivity index (χ0v) is 20.4. The SMILES string of the molecule is CC1=NC(=O)C(CN2CCc3c(Cl)cc(N4CC5(CCOCC5)C4)c(Cl)c3C2=O)c2occc21. The lowest BCUT2D eigenvalue weighted by Gasteiger charge is -2.53. The number of nitrogens with zero attached hydrogens (tertiary/aromatic N) is 3. The molecule has 7 nitrogen and oxygen atoms in total. The first-order chi connectivity index (χ1) is 16.4. The lowest BCUT2D eigenvalue weighted by atomic mass is 9.73. The number of ether oxygens (including phenoxy) is 1.